The Bertz CT molecular complexity index is 214. The van der Waals surface area contributed by atoms with E-state index in [-0.39, 0.29) is 6.67 Å². The van der Waals surface area contributed by atoms with E-state index in [1.54, 1.807) is 0 Å². The third kappa shape index (κ3) is 2.95. The molecule has 3 heteroatoms. The Morgan fingerprint density at radius 1 is 1.12 bits per heavy atom. The molecule has 1 aliphatic carbocycles. The Hall–Kier alpha value is -0.150. The molecule has 1 aliphatic heterocycles. The number of hydrogen-bond donors (Lipinski definition) is 1. The Balaban J connectivity index is 1.92. The summed E-state index contributed by atoms with van der Waals surface area (Å²) in [5.74, 6) is 0. The van der Waals surface area contributed by atoms with Crippen LogP contribution in [-0.4, -0.2) is 36.2 Å². The fourth-order valence-electron chi connectivity index (χ4n) is 3.24. The van der Waals surface area contributed by atoms with Crippen molar-refractivity contribution >= 4 is 0 Å². The van der Waals surface area contributed by atoms with Crippen LogP contribution in [0, 0.1) is 0 Å². The van der Waals surface area contributed by atoms with Crippen LogP contribution in [0.25, 0.3) is 0 Å². The minimum absolute atomic E-state index is 0.365. The lowest BCUT2D eigenvalue weighted by Gasteiger charge is -2.42. The summed E-state index contributed by atoms with van der Waals surface area (Å²) >= 11 is 0. The van der Waals surface area contributed by atoms with Gasteiger partial charge in [-0.2, -0.15) is 0 Å². The second-order valence-corrected chi connectivity index (χ2v) is 5.72. The summed E-state index contributed by atoms with van der Waals surface area (Å²) in [5.41, 5.74) is 5.53. The zero-order valence-electron chi connectivity index (χ0n) is 10.3. The average molecular weight is 228 g/mol. The third-order valence-electron chi connectivity index (χ3n) is 4.25. The molecule has 16 heavy (non-hydrogen) atoms. The van der Waals surface area contributed by atoms with E-state index in [1.165, 1.54) is 38.5 Å². The van der Waals surface area contributed by atoms with Gasteiger partial charge in [0, 0.05) is 12.6 Å². The van der Waals surface area contributed by atoms with Crippen molar-refractivity contribution in [1.29, 1.82) is 0 Å². The number of piperidine rings is 1. The molecular weight excluding hydrogens is 203 g/mol. The van der Waals surface area contributed by atoms with Gasteiger partial charge in [0.2, 0.25) is 0 Å². The molecule has 1 saturated heterocycles. The fraction of sp³-hybridized carbons (Fsp3) is 1.00. The van der Waals surface area contributed by atoms with Gasteiger partial charge in [0.1, 0.15) is 6.67 Å². The topological polar surface area (TPSA) is 29.3 Å². The Morgan fingerprint density at radius 3 is 2.44 bits per heavy atom. The van der Waals surface area contributed by atoms with Gasteiger partial charge in [0.25, 0.3) is 0 Å². The number of likely N-dealkylation sites (tertiary alicyclic amines) is 1. The van der Waals surface area contributed by atoms with Gasteiger partial charge in [-0.25, -0.2) is 4.39 Å². The second-order valence-electron chi connectivity index (χ2n) is 5.72. The fourth-order valence-corrected chi connectivity index (χ4v) is 3.24. The molecule has 0 amide bonds. The monoisotopic (exact) mass is 228 g/mol. The molecule has 1 heterocycles. The molecule has 2 rings (SSSR count). The first-order valence-electron chi connectivity index (χ1n) is 6.82. The zero-order chi connectivity index (χ0) is 11.4. The summed E-state index contributed by atoms with van der Waals surface area (Å²) in [5, 5.41) is 0. The Morgan fingerprint density at radius 2 is 1.81 bits per heavy atom. The molecule has 2 fully saturated rings. The summed E-state index contributed by atoms with van der Waals surface area (Å²) < 4.78 is 12.9. The third-order valence-corrected chi connectivity index (χ3v) is 4.25. The maximum absolute atomic E-state index is 12.9. The van der Waals surface area contributed by atoms with Crippen LogP contribution in [0.3, 0.4) is 0 Å². The van der Waals surface area contributed by atoms with E-state index >= 15 is 0 Å². The average Bonchev–Trinajstić information content (AvgIpc) is 2.58. The molecule has 0 spiro atoms. The largest absolute Gasteiger partial charge is 0.322 e. The van der Waals surface area contributed by atoms with Crippen LogP contribution in [0.4, 0.5) is 4.39 Å². The highest BCUT2D eigenvalue weighted by Gasteiger charge is 2.34. The molecule has 0 radical (unpaired) electrons. The smallest absolute Gasteiger partial charge is 0.109 e. The number of nitrogens with two attached hydrogens (primary N) is 1. The van der Waals surface area contributed by atoms with E-state index in [2.05, 4.69) is 4.90 Å². The maximum Gasteiger partial charge on any atom is 0.109 e. The highest BCUT2D eigenvalue weighted by molar-refractivity contribution is 4.93. The molecule has 94 valence electrons. The van der Waals surface area contributed by atoms with Gasteiger partial charge in [0.05, 0.1) is 5.54 Å². The van der Waals surface area contributed by atoms with Gasteiger partial charge >= 0.3 is 0 Å². The Kier molecular flexibility index (Phi) is 4.20. The molecule has 0 aromatic rings. The lowest BCUT2D eigenvalue weighted by molar-refractivity contribution is 0.0822. The van der Waals surface area contributed by atoms with E-state index in [9.17, 15) is 4.39 Å². The standard InChI is InChI=1S/C13H25FN2/c14-10-13(15)8-5-9-16(11-13)12-6-3-1-2-4-7-12/h12H,1-11,15H2. The number of alkyl halides is 1. The highest BCUT2D eigenvalue weighted by atomic mass is 19.1. The van der Waals surface area contributed by atoms with Crippen LogP contribution in [0.1, 0.15) is 51.4 Å². The molecule has 1 saturated carbocycles. The lowest BCUT2D eigenvalue weighted by atomic mass is 9.89. The van der Waals surface area contributed by atoms with Gasteiger partial charge in [0.15, 0.2) is 0 Å². The van der Waals surface area contributed by atoms with E-state index < -0.39 is 5.54 Å². The van der Waals surface area contributed by atoms with Gasteiger partial charge in [-0.15, -0.1) is 0 Å². The number of halogens is 1. The summed E-state index contributed by atoms with van der Waals surface area (Å²) in [4.78, 5) is 2.47. The molecular formula is C13H25FN2. The van der Waals surface area contributed by atoms with Crippen molar-refractivity contribution in [3.8, 4) is 0 Å². The lowest BCUT2D eigenvalue weighted by Crippen LogP contribution is -2.58. The molecule has 0 aromatic heterocycles. The molecule has 1 atom stereocenters. The molecule has 2 nitrogen and oxygen atoms in total. The number of hydrogen-bond acceptors (Lipinski definition) is 2. The first-order chi connectivity index (χ1) is 7.73. The Labute approximate surface area is 98.4 Å². The van der Waals surface area contributed by atoms with Crippen LogP contribution in [0.5, 0.6) is 0 Å². The van der Waals surface area contributed by atoms with Crippen LogP contribution in [0.15, 0.2) is 0 Å². The van der Waals surface area contributed by atoms with E-state index in [0.29, 0.717) is 6.04 Å². The predicted octanol–water partition coefficient (Wildman–Crippen LogP) is 2.47. The van der Waals surface area contributed by atoms with Crippen molar-refractivity contribution < 1.29 is 4.39 Å². The summed E-state index contributed by atoms with van der Waals surface area (Å²) in [6.45, 7) is 1.54. The first kappa shape index (κ1) is 12.3. The molecule has 0 aromatic carbocycles. The quantitative estimate of drug-likeness (QED) is 0.736. The van der Waals surface area contributed by atoms with Gasteiger partial charge in [-0.1, -0.05) is 25.7 Å². The normalized spacial score (nSPS) is 34.9. The van der Waals surface area contributed by atoms with Crippen LogP contribution in [0.2, 0.25) is 0 Å². The van der Waals surface area contributed by atoms with Crippen LogP contribution in [-0.2, 0) is 0 Å². The van der Waals surface area contributed by atoms with Gasteiger partial charge in [-0.3, -0.25) is 4.90 Å². The maximum atomic E-state index is 12.9. The highest BCUT2D eigenvalue weighted by Crippen LogP contribution is 2.27. The first-order valence-corrected chi connectivity index (χ1v) is 6.82. The number of nitrogens with zero attached hydrogens (tertiary/aromatic N) is 1. The van der Waals surface area contributed by atoms with Gasteiger partial charge in [-0.05, 0) is 32.2 Å². The van der Waals surface area contributed by atoms with Gasteiger partial charge < -0.3 is 5.73 Å². The van der Waals surface area contributed by atoms with Crippen molar-refractivity contribution in [3.63, 3.8) is 0 Å². The van der Waals surface area contributed by atoms with Crippen molar-refractivity contribution in [2.24, 2.45) is 5.73 Å². The number of rotatable bonds is 2. The van der Waals surface area contributed by atoms with Crippen molar-refractivity contribution in [2.75, 3.05) is 19.8 Å². The minimum Gasteiger partial charge on any atom is -0.322 e. The predicted molar refractivity (Wildman–Crippen MR) is 65.2 cm³/mol. The van der Waals surface area contributed by atoms with Crippen molar-refractivity contribution in [3.05, 3.63) is 0 Å². The van der Waals surface area contributed by atoms with E-state index in [0.717, 1.165) is 25.9 Å². The molecule has 2 N–H and O–H groups in total. The van der Waals surface area contributed by atoms with E-state index in [1.807, 2.05) is 0 Å². The van der Waals surface area contributed by atoms with Crippen molar-refractivity contribution in [1.82, 2.24) is 4.90 Å². The second kappa shape index (κ2) is 5.46. The van der Waals surface area contributed by atoms with E-state index in [4.69, 9.17) is 5.73 Å². The summed E-state index contributed by atoms with van der Waals surface area (Å²) in [6, 6.07) is 0.678. The summed E-state index contributed by atoms with van der Waals surface area (Å²) in [7, 11) is 0. The molecule has 0 bridgehead atoms. The molecule has 1 unspecified atom stereocenters. The summed E-state index contributed by atoms with van der Waals surface area (Å²) in [6.07, 6.45) is 9.94. The SMILES string of the molecule is NC1(CF)CCCN(C2CCCCCC2)C1. The molecule has 2 aliphatic rings. The van der Waals surface area contributed by atoms with Crippen molar-refractivity contribution in [2.45, 2.75) is 62.9 Å². The van der Waals surface area contributed by atoms with Crippen LogP contribution < -0.4 is 5.73 Å². The minimum atomic E-state index is -0.551. The zero-order valence-corrected chi connectivity index (χ0v) is 10.3. The van der Waals surface area contributed by atoms with Crippen LogP contribution >= 0.6 is 0 Å².